The highest BCUT2D eigenvalue weighted by atomic mass is 16.2. The smallest absolute Gasteiger partial charge is 0.332 e. The lowest BCUT2D eigenvalue weighted by molar-refractivity contribution is 0.590. The van der Waals surface area contributed by atoms with Crippen LogP contribution in [0.3, 0.4) is 0 Å². The second kappa shape index (κ2) is 6.41. The number of hydrogen-bond acceptors (Lipinski definition) is 5. The molecule has 142 valence electrons. The molecule has 1 saturated heterocycles. The van der Waals surface area contributed by atoms with Gasteiger partial charge in [0.05, 0.1) is 11.7 Å². The number of rotatable bonds is 2. The van der Waals surface area contributed by atoms with Crippen LogP contribution in [0.1, 0.15) is 54.5 Å². The van der Waals surface area contributed by atoms with Gasteiger partial charge in [0.1, 0.15) is 17.7 Å². The Morgan fingerprint density at radius 1 is 1.04 bits per heavy atom. The summed E-state index contributed by atoms with van der Waals surface area (Å²) in [6.45, 7) is 0.692. The fourth-order valence-corrected chi connectivity index (χ4v) is 4.56. The van der Waals surface area contributed by atoms with Crippen LogP contribution in [0.5, 0.6) is 0 Å². The highest BCUT2D eigenvalue weighted by molar-refractivity contribution is 5.55. The fraction of sp³-hybridized carbons (Fsp3) is 0.579. The summed E-state index contributed by atoms with van der Waals surface area (Å²) >= 11 is 0. The van der Waals surface area contributed by atoms with Crippen molar-refractivity contribution < 1.29 is 0 Å². The molecule has 2 aromatic heterocycles. The summed E-state index contributed by atoms with van der Waals surface area (Å²) in [6, 6.07) is 1.99. The molecular weight excluding hydrogens is 344 g/mol. The number of aryl methyl sites for hydroxylation is 1. The van der Waals surface area contributed by atoms with Gasteiger partial charge >= 0.3 is 5.69 Å². The van der Waals surface area contributed by atoms with Crippen LogP contribution in [0, 0.1) is 11.3 Å². The minimum Gasteiger partial charge on any atom is -0.346 e. The lowest BCUT2D eigenvalue weighted by Crippen LogP contribution is -2.42. The van der Waals surface area contributed by atoms with E-state index in [0.29, 0.717) is 12.4 Å². The first-order valence-corrected chi connectivity index (χ1v) is 9.46. The van der Waals surface area contributed by atoms with E-state index in [2.05, 4.69) is 11.6 Å². The first-order chi connectivity index (χ1) is 13.0. The summed E-state index contributed by atoms with van der Waals surface area (Å²) in [7, 11) is 5.08. The summed E-state index contributed by atoms with van der Waals surface area (Å²) in [5.41, 5.74) is 1.52. The molecule has 0 bridgehead atoms. The van der Waals surface area contributed by atoms with Crippen LogP contribution in [0.25, 0.3) is 0 Å². The molecule has 1 unspecified atom stereocenters. The van der Waals surface area contributed by atoms with E-state index >= 15 is 0 Å². The zero-order chi connectivity index (χ0) is 19.3. The van der Waals surface area contributed by atoms with E-state index in [4.69, 9.17) is 4.98 Å². The van der Waals surface area contributed by atoms with Gasteiger partial charge in [0, 0.05) is 33.4 Å². The number of imidazole rings is 1. The van der Waals surface area contributed by atoms with Crippen molar-refractivity contribution in [3.8, 4) is 6.07 Å². The maximum absolute atomic E-state index is 12.5. The Balaban J connectivity index is 1.87. The molecule has 8 nitrogen and oxygen atoms in total. The van der Waals surface area contributed by atoms with Crippen LogP contribution >= 0.6 is 0 Å². The average molecular weight is 368 g/mol. The largest absolute Gasteiger partial charge is 0.346 e. The Morgan fingerprint density at radius 2 is 1.78 bits per heavy atom. The Kier molecular flexibility index (Phi) is 4.17. The molecule has 0 spiro atoms. The molecule has 1 aliphatic heterocycles. The third-order valence-corrected chi connectivity index (χ3v) is 5.98. The second-order valence-corrected chi connectivity index (χ2v) is 7.50. The zero-order valence-corrected chi connectivity index (χ0v) is 16.0. The SMILES string of the molecule is Cn1c(C2CCCN2c2c(C#N)c(=O)n(C)c(=O)n2C)nc2c1CCCC2. The molecule has 1 fully saturated rings. The van der Waals surface area contributed by atoms with Crippen LogP contribution in [0.2, 0.25) is 0 Å². The van der Waals surface area contributed by atoms with E-state index in [9.17, 15) is 14.9 Å². The summed E-state index contributed by atoms with van der Waals surface area (Å²) < 4.78 is 4.59. The lowest BCUT2D eigenvalue weighted by Gasteiger charge is -2.28. The molecule has 27 heavy (non-hydrogen) atoms. The molecule has 3 heterocycles. The molecule has 0 radical (unpaired) electrons. The Morgan fingerprint density at radius 3 is 2.48 bits per heavy atom. The van der Waals surface area contributed by atoms with Gasteiger partial charge in [-0.3, -0.25) is 13.9 Å². The van der Waals surface area contributed by atoms with Crippen molar-refractivity contribution in [1.82, 2.24) is 18.7 Å². The van der Waals surface area contributed by atoms with E-state index in [1.165, 1.54) is 35.8 Å². The molecule has 2 aliphatic rings. The van der Waals surface area contributed by atoms with Crippen LogP contribution in [0.15, 0.2) is 9.59 Å². The third-order valence-electron chi connectivity index (χ3n) is 5.98. The van der Waals surface area contributed by atoms with Gasteiger partial charge in [0.2, 0.25) is 0 Å². The number of hydrogen-bond donors (Lipinski definition) is 0. The Labute approximate surface area is 157 Å². The summed E-state index contributed by atoms with van der Waals surface area (Å²) in [4.78, 5) is 31.9. The average Bonchev–Trinajstić information content (AvgIpc) is 3.27. The van der Waals surface area contributed by atoms with Crippen molar-refractivity contribution in [2.75, 3.05) is 11.4 Å². The standard InChI is InChI=1S/C19H24N6O2/c1-22-14-8-5-4-7-13(14)21-16(22)15-9-6-10-25(15)17-12(11-20)18(26)24(3)19(27)23(17)2/h15H,4-10H2,1-3H3. The Bertz CT molecular complexity index is 1070. The summed E-state index contributed by atoms with van der Waals surface area (Å²) in [5, 5.41) is 9.62. The normalized spacial score (nSPS) is 19.2. The van der Waals surface area contributed by atoms with Crippen molar-refractivity contribution in [3.05, 3.63) is 43.6 Å². The van der Waals surface area contributed by atoms with E-state index in [0.717, 1.165) is 36.1 Å². The first-order valence-electron chi connectivity index (χ1n) is 9.46. The minimum atomic E-state index is -0.541. The summed E-state index contributed by atoms with van der Waals surface area (Å²) in [6.07, 6.45) is 6.21. The topological polar surface area (TPSA) is 88.9 Å². The van der Waals surface area contributed by atoms with Crippen molar-refractivity contribution >= 4 is 5.82 Å². The third kappa shape index (κ3) is 2.52. The first kappa shape index (κ1) is 17.6. The highest BCUT2D eigenvalue weighted by Crippen LogP contribution is 2.37. The molecule has 0 N–H and O–H groups in total. The van der Waals surface area contributed by atoms with Crippen LogP contribution in [-0.2, 0) is 34.0 Å². The highest BCUT2D eigenvalue weighted by Gasteiger charge is 2.35. The van der Waals surface area contributed by atoms with Gasteiger partial charge in [-0.25, -0.2) is 9.78 Å². The number of fused-ring (bicyclic) bond motifs is 1. The lowest BCUT2D eigenvalue weighted by atomic mass is 10.0. The quantitative estimate of drug-likeness (QED) is 0.786. The van der Waals surface area contributed by atoms with Crippen molar-refractivity contribution in [1.29, 1.82) is 5.26 Å². The van der Waals surface area contributed by atoms with Gasteiger partial charge in [-0.1, -0.05) is 0 Å². The Hall–Kier alpha value is -2.82. The summed E-state index contributed by atoms with van der Waals surface area (Å²) in [5.74, 6) is 1.38. The second-order valence-electron chi connectivity index (χ2n) is 7.50. The number of nitriles is 1. The predicted molar refractivity (Wildman–Crippen MR) is 101 cm³/mol. The monoisotopic (exact) mass is 368 g/mol. The van der Waals surface area contributed by atoms with E-state index < -0.39 is 11.2 Å². The predicted octanol–water partition coefficient (Wildman–Crippen LogP) is 0.909. The van der Waals surface area contributed by atoms with Gasteiger partial charge in [0.25, 0.3) is 5.56 Å². The van der Waals surface area contributed by atoms with E-state index in [-0.39, 0.29) is 11.6 Å². The number of nitrogens with zero attached hydrogens (tertiary/aromatic N) is 6. The molecule has 4 rings (SSSR count). The van der Waals surface area contributed by atoms with E-state index in [1.54, 1.807) is 7.05 Å². The van der Waals surface area contributed by atoms with Crippen molar-refractivity contribution in [3.63, 3.8) is 0 Å². The number of anilines is 1. The van der Waals surface area contributed by atoms with E-state index in [1.807, 2.05) is 11.0 Å². The molecule has 1 atom stereocenters. The van der Waals surface area contributed by atoms with Gasteiger partial charge in [-0.05, 0) is 38.5 Å². The fourth-order valence-electron chi connectivity index (χ4n) is 4.56. The van der Waals surface area contributed by atoms with Crippen LogP contribution < -0.4 is 16.1 Å². The molecule has 0 saturated carbocycles. The maximum atomic E-state index is 12.5. The van der Waals surface area contributed by atoms with Gasteiger partial charge in [-0.15, -0.1) is 0 Å². The van der Waals surface area contributed by atoms with Gasteiger partial charge in [-0.2, -0.15) is 5.26 Å². The maximum Gasteiger partial charge on any atom is 0.332 e. The van der Waals surface area contributed by atoms with Crippen LogP contribution in [0.4, 0.5) is 5.82 Å². The molecule has 0 amide bonds. The number of aromatic nitrogens is 4. The van der Waals surface area contributed by atoms with Gasteiger partial charge in [0.15, 0.2) is 5.56 Å². The molecule has 1 aliphatic carbocycles. The van der Waals surface area contributed by atoms with Gasteiger partial charge < -0.3 is 9.47 Å². The van der Waals surface area contributed by atoms with Crippen molar-refractivity contribution in [2.45, 2.75) is 44.6 Å². The van der Waals surface area contributed by atoms with Crippen LogP contribution in [-0.4, -0.2) is 25.2 Å². The van der Waals surface area contributed by atoms with Crippen molar-refractivity contribution in [2.24, 2.45) is 21.1 Å². The molecule has 2 aromatic rings. The molecule has 0 aromatic carbocycles. The zero-order valence-electron chi connectivity index (χ0n) is 16.0. The molecular formula is C19H24N6O2. The minimum absolute atomic E-state index is 0.0190. The molecule has 8 heteroatoms.